The van der Waals surface area contributed by atoms with Crippen LogP contribution in [0.2, 0.25) is 0 Å². The van der Waals surface area contributed by atoms with E-state index < -0.39 is 0 Å². The molecule has 0 saturated heterocycles. The van der Waals surface area contributed by atoms with Crippen molar-refractivity contribution >= 4 is 21.8 Å². The molecule has 0 spiro atoms. The first-order valence-corrected chi connectivity index (χ1v) is 6.27. The lowest BCUT2D eigenvalue weighted by Gasteiger charge is -2.04. The maximum Gasteiger partial charge on any atom is 0.162 e. The van der Waals surface area contributed by atoms with Crippen molar-refractivity contribution in [3.8, 4) is 11.4 Å². The van der Waals surface area contributed by atoms with E-state index in [2.05, 4.69) is 26.4 Å². The second-order valence-corrected chi connectivity index (χ2v) is 4.46. The van der Waals surface area contributed by atoms with Crippen molar-refractivity contribution in [1.82, 2.24) is 20.2 Å². The zero-order chi connectivity index (χ0) is 13.4. The smallest absolute Gasteiger partial charge is 0.162 e. The minimum atomic E-state index is 0.620. The molecule has 0 atom stereocenters. The highest BCUT2D eigenvalue weighted by atomic mass is 15.1. The van der Waals surface area contributed by atoms with E-state index in [1.165, 1.54) is 0 Å². The monoisotopic (exact) mass is 257 g/mol. The third kappa shape index (κ3) is 1.70. The highest BCUT2D eigenvalue weighted by Gasteiger charge is 2.09. The average Bonchev–Trinajstić information content (AvgIpc) is 2.54. The molecule has 0 fully saturated rings. The van der Waals surface area contributed by atoms with Crippen molar-refractivity contribution in [1.29, 1.82) is 0 Å². The van der Waals surface area contributed by atoms with Crippen LogP contribution in [0.5, 0.6) is 0 Å². The molecule has 0 N–H and O–H groups in total. The average molecular weight is 257 g/mol. The fourth-order valence-corrected chi connectivity index (χ4v) is 2.22. The highest BCUT2D eigenvalue weighted by molar-refractivity contribution is 5.92. The number of benzene rings is 2. The topological polar surface area (TPSA) is 51.6 Å². The van der Waals surface area contributed by atoms with Gasteiger partial charge in [0.15, 0.2) is 5.82 Å². The Labute approximate surface area is 115 Å². The summed E-state index contributed by atoms with van der Waals surface area (Å²) in [6.07, 6.45) is 4.73. The van der Waals surface area contributed by atoms with Crippen LogP contribution in [-0.4, -0.2) is 20.2 Å². The number of hydrogen-bond acceptors (Lipinski definition) is 4. The van der Waals surface area contributed by atoms with Gasteiger partial charge in [0, 0.05) is 17.0 Å². The van der Waals surface area contributed by atoms with Gasteiger partial charge in [-0.3, -0.25) is 0 Å². The highest BCUT2D eigenvalue weighted by Crippen LogP contribution is 2.24. The molecule has 4 nitrogen and oxygen atoms in total. The fourth-order valence-electron chi connectivity index (χ4n) is 2.22. The first-order valence-electron chi connectivity index (χ1n) is 6.27. The summed E-state index contributed by atoms with van der Waals surface area (Å²) in [5.74, 6) is 0.620. The molecular weight excluding hydrogens is 248 g/mol. The van der Waals surface area contributed by atoms with Crippen LogP contribution in [0.1, 0.15) is 0 Å². The molecule has 2 aromatic carbocycles. The van der Waals surface area contributed by atoms with Gasteiger partial charge in [0.25, 0.3) is 0 Å². The second-order valence-electron chi connectivity index (χ2n) is 4.46. The molecule has 93 valence electrons. The summed E-state index contributed by atoms with van der Waals surface area (Å²) in [5.41, 5.74) is 2.51. The van der Waals surface area contributed by atoms with Crippen molar-refractivity contribution in [2.45, 2.75) is 0 Å². The van der Waals surface area contributed by atoms with Gasteiger partial charge in [0.05, 0.1) is 16.6 Å². The first-order chi connectivity index (χ1) is 9.92. The zero-order valence-corrected chi connectivity index (χ0v) is 10.5. The van der Waals surface area contributed by atoms with E-state index in [0.29, 0.717) is 5.82 Å². The molecule has 1 radical (unpaired) electrons. The van der Waals surface area contributed by atoms with E-state index in [1.54, 1.807) is 0 Å². The van der Waals surface area contributed by atoms with Crippen LogP contribution < -0.4 is 0 Å². The lowest BCUT2D eigenvalue weighted by Crippen LogP contribution is -1.94. The first kappa shape index (κ1) is 11.0. The summed E-state index contributed by atoms with van der Waals surface area (Å²) in [4.78, 5) is 9.00. The number of aromatic nitrogens is 4. The minimum Gasteiger partial charge on any atom is -0.236 e. The lowest BCUT2D eigenvalue weighted by molar-refractivity contribution is 1.06. The third-order valence-corrected chi connectivity index (χ3v) is 3.21. The Morgan fingerprint density at radius 3 is 2.60 bits per heavy atom. The molecule has 0 bridgehead atoms. The summed E-state index contributed by atoms with van der Waals surface area (Å²) in [6, 6.07) is 15.7. The Morgan fingerprint density at radius 1 is 0.850 bits per heavy atom. The maximum atomic E-state index is 4.59. The van der Waals surface area contributed by atoms with Gasteiger partial charge in [-0.05, 0) is 12.1 Å². The minimum absolute atomic E-state index is 0.620. The van der Waals surface area contributed by atoms with Crippen molar-refractivity contribution in [3.63, 3.8) is 0 Å². The number of rotatable bonds is 1. The Morgan fingerprint density at radius 2 is 1.65 bits per heavy atom. The van der Waals surface area contributed by atoms with E-state index >= 15 is 0 Å². The molecule has 2 heterocycles. The summed E-state index contributed by atoms with van der Waals surface area (Å²) in [7, 11) is 0. The number of nitrogens with zero attached hydrogens (tertiary/aromatic N) is 4. The van der Waals surface area contributed by atoms with Crippen LogP contribution in [0.4, 0.5) is 0 Å². The Kier molecular flexibility index (Phi) is 2.39. The van der Waals surface area contributed by atoms with E-state index in [9.17, 15) is 0 Å². The standard InChI is InChI=1S/C16H9N4/c1-3-7-14-11(5-1)9-17-16(19-14)13-10-18-20-15-8-4-2-6-12(13)15/h1-9H. The van der Waals surface area contributed by atoms with Crippen LogP contribution >= 0.6 is 0 Å². The maximum absolute atomic E-state index is 4.59. The SMILES string of the molecule is [c]1nnc2ccccc2c1-c1ncc2ccccc2n1. The summed E-state index contributed by atoms with van der Waals surface area (Å²) in [6.45, 7) is 0. The molecule has 0 aliphatic heterocycles. The van der Waals surface area contributed by atoms with Crippen LogP contribution in [0.3, 0.4) is 0 Å². The van der Waals surface area contributed by atoms with Gasteiger partial charge in [-0.1, -0.05) is 36.4 Å². The van der Waals surface area contributed by atoms with Gasteiger partial charge in [-0.2, -0.15) is 0 Å². The third-order valence-electron chi connectivity index (χ3n) is 3.21. The van der Waals surface area contributed by atoms with Crippen molar-refractivity contribution < 1.29 is 0 Å². The van der Waals surface area contributed by atoms with E-state index in [-0.39, 0.29) is 0 Å². The molecule has 2 aromatic heterocycles. The lowest BCUT2D eigenvalue weighted by atomic mass is 10.1. The quantitative estimate of drug-likeness (QED) is 0.526. The van der Waals surface area contributed by atoms with E-state index in [4.69, 9.17) is 0 Å². The molecule has 0 unspecified atom stereocenters. The summed E-state index contributed by atoms with van der Waals surface area (Å²) < 4.78 is 0. The molecule has 20 heavy (non-hydrogen) atoms. The molecule has 4 rings (SSSR count). The summed E-state index contributed by atoms with van der Waals surface area (Å²) in [5, 5.41) is 9.96. The van der Waals surface area contributed by atoms with Gasteiger partial charge >= 0.3 is 0 Å². The second kappa shape index (κ2) is 4.35. The largest absolute Gasteiger partial charge is 0.236 e. The Bertz CT molecular complexity index is 913. The molecule has 0 saturated carbocycles. The van der Waals surface area contributed by atoms with Crippen LogP contribution in [-0.2, 0) is 0 Å². The van der Waals surface area contributed by atoms with Crippen LogP contribution in [0, 0.1) is 6.20 Å². The van der Waals surface area contributed by atoms with Crippen molar-refractivity contribution in [2.75, 3.05) is 0 Å². The fraction of sp³-hybridized carbons (Fsp3) is 0. The van der Waals surface area contributed by atoms with E-state index in [1.807, 2.05) is 54.7 Å². The van der Waals surface area contributed by atoms with Crippen molar-refractivity contribution in [3.05, 3.63) is 60.9 Å². The zero-order valence-electron chi connectivity index (χ0n) is 10.5. The molecular formula is C16H9N4. The van der Waals surface area contributed by atoms with Gasteiger partial charge < -0.3 is 0 Å². The van der Waals surface area contributed by atoms with Gasteiger partial charge in [0.1, 0.15) is 6.20 Å². The van der Waals surface area contributed by atoms with Crippen molar-refractivity contribution in [2.24, 2.45) is 0 Å². The molecule has 0 amide bonds. The number of hydrogen-bond donors (Lipinski definition) is 0. The predicted octanol–water partition coefficient (Wildman–Crippen LogP) is 3.04. The number of fused-ring (bicyclic) bond motifs is 2. The van der Waals surface area contributed by atoms with Gasteiger partial charge in [-0.15, -0.1) is 10.2 Å². The summed E-state index contributed by atoms with van der Waals surface area (Å²) >= 11 is 0. The molecule has 0 aliphatic rings. The van der Waals surface area contributed by atoms with Crippen LogP contribution in [0.15, 0.2) is 54.7 Å². The van der Waals surface area contributed by atoms with Gasteiger partial charge in [0.2, 0.25) is 0 Å². The normalized spacial score (nSPS) is 11.0. The molecule has 4 aromatic rings. The van der Waals surface area contributed by atoms with E-state index in [0.717, 1.165) is 27.4 Å². The molecule has 0 aliphatic carbocycles. The Balaban J connectivity index is 2.01. The predicted molar refractivity (Wildman–Crippen MR) is 76.9 cm³/mol. The Hall–Kier alpha value is -2.88. The van der Waals surface area contributed by atoms with Gasteiger partial charge in [-0.25, -0.2) is 9.97 Å². The number of para-hydroxylation sites is 1. The molecule has 4 heteroatoms. The van der Waals surface area contributed by atoms with Crippen LogP contribution in [0.25, 0.3) is 33.2 Å².